The molecule has 2 aliphatic rings. The van der Waals surface area contributed by atoms with Crippen LogP contribution in [0.5, 0.6) is 5.75 Å². The van der Waals surface area contributed by atoms with Crippen LogP contribution in [0.15, 0.2) is 42.5 Å². The number of non-ortho nitro benzene ring substituents is 1. The highest BCUT2D eigenvalue weighted by Gasteiger charge is 2.31. The van der Waals surface area contributed by atoms with Crippen LogP contribution in [0, 0.1) is 16.0 Å². The standard InChI is InChI=1S/C20H20ClN3O4/c21-16-1-6-19-14(12-16)11-15(13-28-19)20(25)23-9-7-22(8-10-23)17-2-4-18(5-3-17)24(26)27/h1-6,12,15H,7-11,13H2/t15-/m0/s1. The summed E-state index contributed by atoms with van der Waals surface area (Å²) < 4.78 is 5.75. The number of nitro benzene ring substituents is 1. The Bertz CT molecular complexity index is 895. The molecule has 1 fully saturated rings. The fraction of sp³-hybridized carbons (Fsp3) is 0.350. The summed E-state index contributed by atoms with van der Waals surface area (Å²) in [6.07, 6.45) is 0.636. The third kappa shape index (κ3) is 3.75. The Kier molecular flexibility index (Phi) is 5.09. The van der Waals surface area contributed by atoms with Crippen molar-refractivity contribution in [3.63, 3.8) is 0 Å². The molecule has 0 radical (unpaired) electrons. The summed E-state index contributed by atoms with van der Waals surface area (Å²) in [7, 11) is 0. The third-order valence-corrected chi connectivity index (χ3v) is 5.53. The lowest BCUT2D eigenvalue weighted by molar-refractivity contribution is -0.384. The number of carbonyl (C=O) groups excluding carboxylic acids is 1. The number of halogens is 1. The summed E-state index contributed by atoms with van der Waals surface area (Å²) in [5.41, 5.74) is 1.99. The second kappa shape index (κ2) is 7.67. The van der Waals surface area contributed by atoms with E-state index in [4.69, 9.17) is 16.3 Å². The maximum atomic E-state index is 12.9. The zero-order valence-corrected chi connectivity index (χ0v) is 16.0. The Morgan fingerprint density at radius 1 is 1.11 bits per heavy atom. The second-order valence-electron chi connectivity index (χ2n) is 7.05. The number of hydrogen-bond donors (Lipinski definition) is 0. The largest absolute Gasteiger partial charge is 0.492 e. The molecule has 2 aromatic rings. The predicted molar refractivity (Wildman–Crippen MR) is 106 cm³/mol. The summed E-state index contributed by atoms with van der Waals surface area (Å²) in [4.78, 5) is 27.3. The first kappa shape index (κ1) is 18.6. The lowest BCUT2D eigenvalue weighted by atomic mass is 9.95. The number of piperazine rings is 1. The molecule has 0 unspecified atom stereocenters. The second-order valence-corrected chi connectivity index (χ2v) is 7.49. The molecule has 8 heteroatoms. The fourth-order valence-corrected chi connectivity index (χ4v) is 3.94. The quantitative estimate of drug-likeness (QED) is 0.583. The predicted octanol–water partition coefficient (Wildman–Crippen LogP) is 3.15. The highest BCUT2D eigenvalue weighted by atomic mass is 35.5. The Labute approximate surface area is 167 Å². The number of nitro groups is 1. The van der Waals surface area contributed by atoms with Gasteiger partial charge in [0.2, 0.25) is 5.91 Å². The summed E-state index contributed by atoms with van der Waals surface area (Å²) in [6, 6.07) is 12.0. The van der Waals surface area contributed by atoms with Crippen LogP contribution in [-0.2, 0) is 11.2 Å². The van der Waals surface area contributed by atoms with Gasteiger partial charge >= 0.3 is 0 Å². The molecule has 0 bridgehead atoms. The van der Waals surface area contributed by atoms with Crippen LogP contribution >= 0.6 is 11.6 Å². The van der Waals surface area contributed by atoms with Crippen molar-refractivity contribution in [2.75, 3.05) is 37.7 Å². The van der Waals surface area contributed by atoms with Gasteiger partial charge in [-0.3, -0.25) is 14.9 Å². The first-order chi connectivity index (χ1) is 13.5. The highest BCUT2D eigenvalue weighted by molar-refractivity contribution is 6.30. The number of hydrogen-bond acceptors (Lipinski definition) is 5. The van der Waals surface area contributed by atoms with Crippen molar-refractivity contribution in [3.8, 4) is 5.75 Å². The van der Waals surface area contributed by atoms with Gasteiger partial charge in [0, 0.05) is 49.0 Å². The van der Waals surface area contributed by atoms with Gasteiger partial charge in [-0.2, -0.15) is 0 Å². The van der Waals surface area contributed by atoms with Gasteiger partial charge in [0.15, 0.2) is 0 Å². The minimum Gasteiger partial charge on any atom is -0.492 e. The number of nitrogens with zero attached hydrogens (tertiary/aromatic N) is 3. The van der Waals surface area contributed by atoms with Gasteiger partial charge in [0.05, 0.1) is 10.8 Å². The molecule has 0 saturated carbocycles. The number of amides is 1. The van der Waals surface area contributed by atoms with Crippen molar-refractivity contribution >= 4 is 28.9 Å². The molecule has 0 spiro atoms. The maximum Gasteiger partial charge on any atom is 0.269 e. The molecule has 7 nitrogen and oxygen atoms in total. The van der Waals surface area contributed by atoms with E-state index in [1.54, 1.807) is 18.2 Å². The van der Waals surface area contributed by atoms with Crippen LogP contribution in [0.3, 0.4) is 0 Å². The number of benzene rings is 2. The minimum atomic E-state index is -0.405. The lowest BCUT2D eigenvalue weighted by Crippen LogP contribution is -2.51. The molecule has 1 atom stereocenters. The smallest absolute Gasteiger partial charge is 0.269 e. The normalized spacial score (nSPS) is 19.0. The van der Waals surface area contributed by atoms with Crippen LogP contribution in [0.1, 0.15) is 5.56 Å². The van der Waals surface area contributed by atoms with E-state index in [2.05, 4.69) is 4.90 Å². The molecule has 0 N–H and O–H groups in total. The summed E-state index contributed by atoms with van der Waals surface area (Å²) >= 11 is 6.06. The zero-order chi connectivity index (χ0) is 19.7. The van der Waals surface area contributed by atoms with E-state index < -0.39 is 4.92 Å². The van der Waals surface area contributed by atoms with Crippen LogP contribution in [0.2, 0.25) is 5.02 Å². The van der Waals surface area contributed by atoms with E-state index in [1.165, 1.54) is 12.1 Å². The van der Waals surface area contributed by atoms with E-state index in [-0.39, 0.29) is 17.5 Å². The summed E-state index contributed by atoms with van der Waals surface area (Å²) in [5, 5.41) is 11.4. The summed E-state index contributed by atoms with van der Waals surface area (Å²) in [6.45, 7) is 3.01. The molecule has 2 aromatic carbocycles. The number of ether oxygens (including phenoxy) is 1. The fourth-order valence-electron chi connectivity index (χ4n) is 3.75. The van der Waals surface area contributed by atoms with E-state index >= 15 is 0 Å². The van der Waals surface area contributed by atoms with E-state index in [0.717, 1.165) is 17.0 Å². The number of anilines is 1. The van der Waals surface area contributed by atoms with Gasteiger partial charge < -0.3 is 14.5 Å². The minimum absolute atomic E-state index is 0.0789. The zero-order valence-electron chi connectivity index (χ0n) is 15.2. The van der Waals surface area contributed by atoms with Gasteiger partial charge in [-0.1, -0.05) is 11.6 Å². The van der Waals surface area contributed by atoms with Gasteiger partial charge in [-0.25, -0.2) is 0 Å². The Morgan fingerprint density at radius 2 is 1.82 bits per heavy atom. The molecule has 146 valence electrons. The van der Waals surface area contributed by atoms with Crippen molar-refractivity contribution in [1.82, 2.24) is 4.90 Å². The molecule has 0 aliphatic carbocycles. The number of fused-ring (bicyclic) bond motifs is 1. The van der Waals surface area contributed by atoms with Crippen molar-refractivity contribution < 1.29 is 14.5 Å². The molecule has 2 heterocycles. The highest BCUT2D eigenvalue weighted by Crippen LogP contribution is 2.31. The van der Waals surface area contributed by atoms with Crippen LogP contribution in [0.25, 0.3) is 0 Å². The Hall–Kier alpha value is -2.80. The topological polar surface area (TPSA) is 75.9 Å². The average Bonchev–Trinajstić information content (AvgIpc) is 2.73. The molecular formula is C20H20ClN3O4. The first-order valence-corrected chi connectivity index (χ1v) is 9.58. The van der Waals surface area contributed by atoms with E-state index in [9.17, 15) is 14.9 Å². The van der Waals surface area contributed by atoms with E-state index in [0.29, 0.717) is 44.2 Å². The molecule has 28 heavy (non-hydrogen) atoms. The molecule has 0 aromatic heterocycles. The SMILES string of the molecule is O=C([C@@H]1COc2ccc(Cl)cc2C1)N1CCN(c2ccc([N+](=O)[O-])cc2)CC1. The van der Waals surface area contributed by atoms with Crippen molar-refractivity contribution in [1.29, 1.82) is 0 Å². The first-order valence-electron chi connectivity index (χ1n) is 9.20. The molecule has 4 rings (SSSR count). The summed E-state index contributed by atoms with van der Waals surface area (Å²) in [5.74, 6) is 0.710. The van der Waals surface area contributed by atoms with Crippen molar-refractivity contribution in [3.05, 3.63) is 63.2 Å². The van der Waals surface area contributed by atoms with Gasteiger partial charge in [0.25, 0.3) is 5.69 Å². The van der Waals surface area contributed by atoms with Crippen LogP contribution in [-0.4, -0.2) is 48.5 Å². The molecular weight excluding hydrogens is 382 g/mol. The average molecular weight is 402 g/mol. The van der Waals surface area contributed by atoms with E-state index in [1.807, 2.05) is 17.0 Å². The molecule has 2 aliphatic heterocycles. The third-order valence-electron chi connectivity index (χ3n) is 5.30. The van der Waals surface area contributed by atoms with Gasteiger partial charge in [-0.15, -0.1) is 0 Å². The van der Waals surface area contributed by atoms with Crippen LogP contribution in [0.4, 0.5) is 11.4 Å². The van der Waals surface area contributed by atoms with Gasteiger partial charge in [-0.05, 0) is 42.3 Å². The Balaban J connectivity index is 1.36. The number of rotatable bonds is 3. The van der Waals surface area contributed by atoms with Gasteiger partial charge in [0.1, 0.15) is 12.4 Å². The van der Waals surface area contributed by atoms with Crippen LogP contribution < -0.4 is 9.64 Å². The monoisotopic (exact) mass is 401 g/mol. The maximum absolute atomic E-state index is 12.9. The lowest BCUT2D eigenvalue weighted by Gasteiger charge is -2.38. The molecule has 1 saturated heterocycles. The van der Waals surface area contributed by atoms with Crippen molar-refractivity contribution in [2.24, 2.45) is 5.92 Å². The molecule has 1 amide bonds. The van der Waals surface area contributed by atoms with Crippen molar-refractivity contribution in [2.45, 2.75) is 6.42 Å². The number of carbonyl (C=O) groups is 1. The Morgan fingerprint density at radius 3 is 2.50 bits per heavy atom.